The molecule has 0 saturated carbocycles. The summed E-state index contributed by atoms with van der Waals surface area (Å²) in [6.45, 7) is 5.03. The Morgan fingerprint density at radius 2 is 1.87 bits per heavy atom. The van der Waals surface area contributed by atoms with Crippen LogP contribution in [0.2, 0.25) is 0 Å². The first kappa shape index (κ1) is 18.3. The minimum Gasteiger partial charge on any atom is -0.338 e. The molecule has 30 heavy (non-hydrogen) atoms. The van der Waals surface area contributed by atoms with Crippen LogP contribution in [0.4, 0.5) is 23.1 Å². The maximum atomic E-state index is 4.69. The van der Waals surface area contributed by atoms with E-state index in [9.17, 15) is 0 Å². The van der Waals surface area contributed by atoms with Gasteiger partial charge < -0.3 is 10.6 Å². The van der Waals surface area contributed by atoms with Gasteiger partial charge in [0.2, 0.25) is 5.95 Å². The summed E-state index contributed by atoms with van der Waals surface area (Å²) in [5.41, 5.74) is 7.58. The molecule has 5 rings (SSSR count). The van der Waals surface area contributed by atoms with Gasteiger partial charge >= 0.3 is 0 Å². The van der Waals surface area contributed by atoms with Crippen LogP contribution in [0, 0.1) is 13.8 Å². The van der Waals surface area contributed by atoms with Crippen molar-refractivity contribution in [1.82, 2.24) is 19.7 Å². The Kier molecular flexibility index (Phi) is 4.43. The molecule has 0 aliphatic carbocycles. The molecule has 0 radical (unpaired) electrons. The van der Waals surface area contributed by atoms with E-state index in [1.807, 2.05) is 19.5 Å². The SMILES string of the molecule is Cc1cccc(C)c1Nc1nn(C)c2nc(Nc3ccc4c(c3)C=NCC4)ncc12. The molecule has 150 valence electrons. The number of para-hydroxylation sites is 1. The number of hydrogen-bond acceptors (Lipinski definition) is 6. The third-order valence-electron chi connectivity index (χ3n) is 5.45. The molecule has 7 nitrogen and oxygen atoms in total. The Labute approximate surface area is 174 Å². The third kappa shape index (κ3) is 3.28. The summed E-state index contributed by atoms with van der Waals surface area (Å²) < 4.78 is 1.78. The van der Waals surface area contributed by atoms with Crippen LogP contribution in [0.25, 0.3) is 11.0 Å². The number of nitrogens with zero attached hydrogens (tertiary/aromatic N) is 5. The molecule has 0 unspecified atom stereocenters. The average Bonchev–Trinajstić information content (AvgIpc) is 3.06. The first-order valence-corrected chi connectivity index (χ1v) is 10.0. The predicted octanol–water partition coefficient (Wildman–Crippen LogP) is 4.44. The zero-order valence-corrected chi connectivity index (χ0v) is 17.3. The fourth-order valence-electron chi connectivity index (χ4n) is 3.82. The highest BCUT2D eigenvalue weighted by molar-refractivity contribution is 5.90. The summed E-state index contributed by atoms with van der Waals surface area (Å²) in [6, 6.07) is 12.5. The van der Waals surface area contributed by atoms with Gasteiger partial charge in [0.15, 0.2) is 11.5 Å². The Bertz CT molecular complexity index is 1270. The molecule has 1 aliphatic rings. The zero-order chi connectivity index (χ0) is 20.7. The lowest BCUT2D eigenvalue weighted by atomic mass is 10.0. The average molecular weight is 397 g/mol. The molecule has 2 N–H and O–H groups in total. The third-order valence-corrected chi connectivity index (χ3v) is 5.45. The van der Waals surface area contributed by atoms with Gasteiger partial charge in [0.25, 0.3) is 0 Å². The molecule has 3 heterocycles. The first-order chi connectivity index (χ1) is 14.6. The van der Waals surface area contributed by atoms with Crippen LogP contribution in [-0.4, -0.2) is 32.5 Å². The Morgan fingerprint density at radius 1 is 1.03 bits per heavy atom. The first-order valence-electron chi connectivity index (χ1n) is 10.0. The maximum absolute atomic E-state index is 4.69. The number of fused-ring (bicyclic) bond motifs is 2. The molecule has 4 aromatic rings. The highest BCUT2D eigenvalue weighted by Gasteiger charge is 2.14. The molecular weight excluding hydrogens is 374 g/mol. The second-order valence-corrected chi connectivity index (χ2v) is 7.62. The quantitative estimate of drug-likeness (QED) is 0.532. The van der Waals surface area contributed by atoms with Gasteiger partial charge in [0.05, 0.1) is 5.39 Å². The molecule has 7 heteroatoms. The van der Waals surface area contributed by atoms with Crippen LogP contribution in [0.5, 0.6) is 0 Å². The lowest BCUT2D eigenvalue weighted by Crippen LogP contribution is -2.04. The Balaban J connectivity index is 1.46. The van der Waals surface area contributed by atoms with Crippen LogP contribution in [0.15, 0.2) is 47.6 Å². The fourth-order valence-corrected chi connectivity index (χ4v) is 3.82. The highest BCUT2D eigenvalue weighted by atomic mass is 15.3. The van der Waals surface area contributed by atoms with Crippen molar-refractivity contribution >= 4 is 40.4 Å². The summed E-state index contributed by atoms with van der Waals surface area (Å²) in [4.78, 5) is 13.6. The summed E-state index contributed by atoms with van der Waals surface area (Å²) in [5.74, 6) is 1.29. The van der Waals surface area contributed by atoms with E-state index in [4.69, 9.17) is 4.98 Å². The second-order valence-electron chi connectivity index (χ2n) is 7.62. The molecule has 0 bridgehead atoms. The van der Waals surface area contributed by atoms with Crippen molar-refractivity contribution in [3.8, 4) is 0 Å². The summed E-state index contributed by atoms with van der Waals surface area (Å²) in [7, 11) is 1.89. The summed E-state index contributed by atoms with van der Waals surface area (Å²) >= 11 is 0. The van der Waals surface area contributed by atoms with Gasteiger partial charge in [-0.05, 0) is 54.7 Å². The fraction of sp³-hybridized carbons (Fsp3) is 0.217. The Hall–Kier alpha value is -3.74. The van der Waals surface area contributed by atoms with Crippen molar-refractivity contribution in [2.45, 2.75) is 20.3 Å². The van der Waals surface area contributed by atoms with Crippen LogP contribution in [-0.2, 0) is 13.5 Å². The zero-order valence-electron chi connectivity index (χ0n) is 17.3. The van der Waals surface area contributed by atoms with E-state index in [-0.39, 0.29) is 0 Å². The molecule has 0 fully saturated rings. The number of aromatic nitrogens is 4. The minimum atomic E-state index is 0.539. The maximum Gasteiger partial charge on any atom is 0.229 e. The van der Waals surface area contributed by atoms with Crippen LogP contribution >= 0.6 is 0 Å². The lowest BCUT2D eigenvalue weighted by molar-refractivity contribution is 0.789. The van der Waals surface area contributed by atoms with Crippen LogP contribution in [0.3, 0.4) is 0 Å². The van der Waals surface area contributed by atoms with Gasteiger partial charge in [-0.15, -0.1) is 0 Å². The van der Waals surface area contributed by atoms with Gasteiger partial charge in [-0.3, -0.25) is 4.99 Å². The van der Waals surface area contributed by atoms with E-state index in [1.165, 1.54) is 16.7 Å². The van der Waals surface area contributed by atoms with Crippen molar-refractivity contribution < 1.29 is 0 Å². The topological polar surface area (TPSA) is 80.0 Å². The lowest BCUT2D eigenvalue weighted by Gasteiger charge is -2.12. The number of hydrogen-bond donors (Lipinski definition) is 2. The normalized spacial score (nSPS) is 12.8. The van der Waals surface area contributed by atoms with Crippen molar-refractivity contribution in [3.63, 3.8) is 0 Å². The van der Waals surface area contributed by atoms with Gasteiger partial charge in [-0.2, -0.15) is 10.1 Å². The molecule has 2 aromatic heterocycles. The molecular formula is C23H23N7. The van der Waals surface area contributed by atoms with Gasteiger partial charge in [-0.1, -0.05) is 24.3 Å². The predicted molar refractivity (Wildman–Crippen MR) is 121 cm³/mol. The highest BCUT2D eigenvalue weighted by Crippen LogP contribution is 2.29. The van der Waals surface area contributed by atoms with Crippen LogP contribution < -0.4 is 10.6 Å². The van der Waals surface area contributed by atoms with Gasteiger partial charge in [-0.25, -0.2) is 9.67 Å². The van der Waals surface area contributed by atoms with Crippen molar-refractivity contribution in [2.24, 2.45) is 12.0 Å². The molecule has 0 atom stereocenters. The van der Waals surface area contributed by atoms with E-state index < -0.39 is 0 Å². The number of anilines is 4. The number of aliphatic imine (C=N–C) groups is 1. The van der Waals surface area contributed by atoms with Crippen molar-refractivity contribution in [2.75, 3.05) is 17.2 Å². The van der Waals surface area contributed by atoms with Gasteiger partial charge in [0.1, 0.15) is 0 Å². The summed E-state index contributed by atoms with van der Waals surface area (Å²) in [6.07, 6.45) is 4.73. The number of nitrogens with one attached hydrogen (secondary N) is 2. The molecule has 2 aromatic carbocycles. The number of rotatable bonds is 4. The number of benzene rings is 2. The van der Waals surface area contributed by atoms with Gasteiger partial charge in [0, 0.05) is 37.4 Å². The molecule has 0 amide bonds. The van der Waals surface area contributed by atoms with E-state index >= 15 is 0 Å². The van der Waals surface area contributed by atoms with E-state index in [0.717, 1.165) is 46.8 Å². The monoisotopic (exact) mass is 397 g/mol. The van der Waals surface area contributed by atoms with E-state index in [1.54, 1.807) is 4.68 Å². The van der Waals surface area contributed by atoms with Crippen molar-refractivity contribution in [1.29, 1.82) is 0 Å². The van der Waals surface area contributed by atoms with E-state index in [2.05, 4.69) is 76.0 Å². The minimum absolute atomic E-state index is 0.539. The van der Waals surface area contributed by atoms with E-state index in [0.29, 0.717) is 5.95 Å². The molecule has 1 aliphatic heterocycles. The smallest absolute Gasteiger partial charge is 0.229 e. The molecule has 0 saturated heterocycles. The molecule has 0 spiro atoms. The van der Waals surface area contributed by atoms with Crippen molar-refractivity contribution in [3.05, 3.63) is 64.8 Å². The second kappa shape index (κ2) is 7.26. The summed E-state index contributed by atoms with van der Waals surface area (Å²) in [5, 5.41) is 12.3. The number of aryl methyl sites for hydroxylation is 3. The largest absolute Gasteiger partial charge is 0.338 e. The Morgan fingerprint density at radius 3 is 2.70 bits per heavy atom. The van der Waals surface area contributed by atoms with Crippen LogP contribution in [0.1, 0.15) is 22.3 Å². The standard InChI is InChI=1S/C23H23N7/c1-14-5-4-6-15(2)20(14)27-21-19-13-25-23(28-22(19)30(3)29-21)26-18-8-7-16-9-10-24-12-17(16)11-18/h4-8,11-13H,9-10H2,1-3H3,(H,27,29)(H,25,26,28).